The zero-order valence-corrected chi connectivity index (χ0v) is 6.39. The minimum Gasteiger partial charge on any atom is -0.317 e. The molecule has 12 heavy (non-hydrogen) atoms. The van der Waals surface area contributed by atoms with E-state index in [4.69, 9.17) is 11.6 Å². The van der Waals surface area contributed by atoms with Gasteiger partial charge in [0.15, 0.2) is 0 Å². The van der Waals surface area contributed by atoms with Crippen LogP contribution in [0.5, 0.6) is 0 Å². The highest BCUT2D eigenvalue weighted by atomic mass is 19.2. The van der Waals surface area contributed by atoms with Gasteiger partial charge in [-0.3, -0.25) is 10.2 Å². The lowest BCUT2D eigenvalue weighted by Gasteiger charge is -2.19. The van der Waals surface area contributed by atoms with Crippen LogP contribution in [0.25, 0.3) is 0 Å². The summed E-state index contributed by atoms with van der Waals surface area (Å²) in [5, 5.41) is 0. The Morgan fingerprint density at radius 3 is 2.17 bits per heavy atom. The molecule has 0 heterocycles. The van der Waals surface area contributed by atoms with Gasteiger partial charge in [0.25, 0.3) is 5.91 Å². The van der Waals surface area contributed by atoms with Crippen LogP contribution in [0.15, 0.2) is 0 Å². The average Bonchev–Trinajstić information content (AvgIpc) is 2.26. The molecule has 1 rings (SSSR count). The third kappa shape index (κ3) is 1.39. The molecule has 0 radical (unpaired) electrons. The van der Waals surface area contributed by atoms with E-state index >= 15 is 0 Å². The summed E-state index contributed by atoms with van der Waals surface area (Å²) in [5.41, 5.74) is 5.73. The first-order valence-corrected chi connectivity index (χ1v) is 3.57. The maximum absolute atomic E-state index is 12.6. The first kappa shape index (κ1) is 9.34. The van der Waals surface area contributed by atoms with Gasteiger partial charge in [0.2, 0.25) is 0 Å². The highest BCUT2D eigenvalue weighted by Gasteiger charge is 2.48. The summed E-state index contributed by atoms with van der Waals surface area (Å²) >= 11 is 0. The van der Waals surface area contributed by atoms with Crippen LogP contribution in [-0.2, 0) is 4.79 Å². The lowest BCUT2D eigenvalue weighted by Crippen LogP contribution is -2.54. The number of carbonyl (C=O) groups is 1. The summed E-state index contributed by atoms with van der Waals surface area (Å²) in [5.74, 6) is 4.09. The molecule has 0 spiro atoms. The standard InChI is InChI=1S/C6H11F2N3O/c7-3-1-6(9,2-4(3)8)5(12)11-10/h3-4H,1-2,9-10H2,(H,11,12)/t3-,4+,6?. The van der Waals surface area contributed by atoms with Gasteiger partial charge in [0, 0.05) is 12.8 Å². The van der Waals surface area contributed by atoms with Gasteiger partial charge in [0.05, 0.1) is 0 Å². The molecule has 3 atom stereocenters. The number of hydrogen-bond donors (Lipinski definition) is 3. The summed E-state index contributed by atoms with van der Waals surface area (Å²) < 4.78 is 25.3. The number of amides is 1. The number of hydrogen-bond acceptors (Lipinski definition) is 3. The Labute approximate surface area is 68.3 Å². The van der Waals surface area contributed by atoms with Crippen molar-refractivity contribution in [1.82, 2.24) is 5.43 Å². The van der Waals surface area contributed by atoms with Crippen LogP contribution < -0.4 is 17.0 Å². The van der Waals surface area contributed by atoms with Gasteiger partial charge >= 0.3 is 0 Å². The van der Waals surface area contributed by atoms with E-state index in [1.54, 1.807) is 5.43 Å². The van der Waals surface area contributed by atoms with Crippen LogP contribution in [0, 0.1) is 0 Å². The summed E-state index contributed by atoms with van der Waals surface area (Å²) in [6.07, 6.45) is -3.94. The fourth-order valence-corrected chi connectivity index (χ4v) is 1.36. The van der Waals surface area contributed by atoms with E-state index in [1.165, 1.54) is 0 Å². The smallest absolute Gasteiger partial charge is 0.254 e. The van der Waals surface area contributed by atoms with E-state index in [-0.39, 0.29) is 12.8 Å². The molecule has 4 nitrogen and oxygen atoms in total. The summed E-state index contributed by atoms with van der Waals surface area (Å²) in [6, 6.07) is 0. The first-order valence-electron chi connectivity index (χ1n) is 3.57. The third-order valence-electron chi connectivity index (χ3n) is 2.09. The van der Waals surface area contributed by atoms with E-state index in [0.29, 0.717) is 0 Å². The van der Waals surface area contributed by atoms with Crippen molar-refractivity contribution in [3.05, 3.63) is 0 Å². The van der Waals surface area contributed by atoms with Crippen LogP contribution in [-0.4, -0.2) is 23.8 Å². The Bertz CT molecular complexity index is 189. The molecule has 1 amide bonds. The van der Waals surface area contributed by atoms with Crippen molar-refractivity contribution < 1.29 is 13.6 Å². The Morgan fingerprint density at radius 2 is 1.83 bits per heavy atom. The zero-order chi connectivity index (χ0) is 9.35. The van der Waals surface area contributed by atoms with Gasteiger partial charge < -0.3 is 5.73 Å². The fraction of sp³-hybridized carbons (Fsp3) is 0.833. The molecule has 1 aliphatic rings. The number of halogens is 2. The predicted molar refractivity (Wildman–Crippen MR) is 38.3 cm³/mol. The van der Waals surface area contributed by atoms with Crippen LogP contribution in [0.2, 0.25) is 0 Å². The Morgan fingerprint density at radius 1 is 1.42 bits per heavy atom. The van der Waals surface area contributed by atoms with Crippen LogP contribution >= 0.6 is 0 Å². The molecule has 0 aliphatic heterocycles. The minimum absolute atomic E-state index is 0.308. The molecule has 0 aromatic rings. The Balaban J connectivity index is 2.69. The Hall–Kier alpha value is -0.750. The van der Waals surface area contributed by atoms with Gasteiger partial charge in [-0.1, -0.05) is 0 Å². The maximum Gasteiger partial charge on any atom is 0.254 e. The minimum atomic E-state index is -1.66. The molecular weight excluding hydrogens is 168 g/mol. The quantitative estimate of drug-likeness (QED) is 0.278. The van der Waals surface area contributed by atoms with Gasteiger partial charge in [-0.15, -0.1) is 0 Å². The van der Waals surface area contributed by atoms with E-state index in [2.05, 4.69) is 0 Å². The average molecular weight is 179 g/mol. The third-order valence-corrected chi connectivity index (χ3v) is 2.09. The molecule has 0 saturated heterocycles. The number of rotatable bonds is 1. The van der Waals surface area contributed by atoms with Crippen LogP contribution in [0.3, 0.4) is 0 Å². The summed E-state index contributed by atoms with van der Waals surface area (Å²) in [7, 11) is 0. The van der Waals surface area contributed by atoms with Crippen molar-refractivity contribution in [2.45, 2.75) is 30.7 Å². The van der Waals surface area contributed by atoms with Gasteiger partial charge in [-0.2, -0.15) is 0 Å². The highest BCUT2D eigenvalue weighted by Crippen LogP contribution is 2.32. The van der Waals surface area contributed by atoms with E-state index in [0.717, 1.165) is 0 Å². The van der Waals surface area contributed by atoms with Gasteiger partial charge in [0.1, 0.15) is 17.9 Å². The van der Waals surface area contributed by atoms with E-state index < -0.39 is 23.8 Å². The fourth-order valence-electron chi connectivity index (χ4n) is 1.36. The molecule has 1 fully saturated rings. The molecule has 5 N–H and O–H groups in total. The molecular formula is C6H11F2N3O. The number of nitrogens with one attached hydrogen (secondary N) is 1. The van der Waals surface area contributed by atoms with Crippen LogP contribution in [0.4, 0.5) is 8.78 Å². The monoisotopic (exact) mass is 179 g/mol. The second-order valence-corrected chi connectivity index (χ2v) is 3.07. The normalized spacial score (nSPS) is 41.3. The highest BCUT2D eigenvalue weighted by molar-refractivity contribution is 5.86. The lowest BCUT2D eigenvalue weighted by molar-refractivity contribution is -0.126. The largest absolute Gasteiger partial charge is 0.317 e. The van der Waals surface area contributed by atoms with Crippen molar-refractivity contribution in [2.24, 2.45) is 11.6 Å². The van der Waals surface area contributed by atoms with E-state index in [9.17, 15) is 13.6 Å². The lowest BCUT2D eigenvalue weighted by atomic mass is 9.98. The molecule has 0 bridgehead atoms. The van der Waals surface area contributed by atoms with Crippen molar-refractivity contribution in [3.63, 3.8) is 0 Å². The Kier molecular flexibility index (Phi) is 2.29. The predicted octanol–water partition coefficient (Wildman–Crippen LogP) is -0.856. The van der Waals surface area contributed by atoms with Crippen LogP contribution in [0.1, 0.15) is 12.8 Å². The first-order chi connectivity index (χ1) is 5.49. The summed E-state index contributed by atoms with van der Waals surface area (Å²) in [4.78, 5) is 10.9. The molecule has 1 unspecified atom stereocenters. The topological polar surface area (TPSA) is 81.1 Å². The number of hydrazine groups is 1. The second-order valence-electron chi connectivity index (χ2n) is 3.07. The zero-order valence-electron chi connectivity index (χ0n) is 6.39. The van der Waals surface area contributed by atoms with Crippen molar-refractivity contribution in [1.29, 1.82) is 0 Å². The molecule has 70 valence electrons. The maximum atomic E-state index is 12.6. The second kappa shape index (κ2) is 2.95. The number of alkyl halides is 2. The number of nitrogens with two attached hydrogens (primary N) is 2. The molecule has 0 aromatic heterocycles. The van der Waals surface area contributed by atoms with Gasteiger partial charge in [-0.25, -0.2) is 14.6 Å². The molecule has 1 saturated carbocycles. The summed E-state index contributed by atoms with van der Waals surface area (Å²) in [6.45, 7) is 0. The van der Waals surface area contributed by atoms with Crippen molar-refractivity contribution in [3.8, 4) is 0 Å². The molecule has 0 aromatic carbocycles. The van der Waals surface area contributed by atoms with E-state index in [1.807, 2.05) is 0 Å². The molecule has 1 aliphatic carbocycles. The molecule has 6 heteroatoms. The SMILES string of the molecule is NNC(=O)C1(N)C[C@@H](F)[C@@H](F)C1. The van der Waals surface area contributed by atoms with Gasteiger partial charge in [-0.05, 0) is 0 Å². The van der Waals surface area contributed by atoms with Crippen molar-refractivity contribution >= 4 is 5.91 Å². The van der Waals surface area contributed by atoms with Crippen molar-refractivity contribution in [2.75, 3.05) is 0 Å². The number of carbonyl (C=O) groups excluding carboxylic acids is 1.